The van der Waals surface area contributed by atoms with Crippen LogP contribution >= 0.6 is 0 Å². The van der Waals surface area contributed by atoms with Gasteiger partial charge in [-0.2, -0.15) is 0 Å². The molecule has 210 valence electrons. The average molecular weight is 533 g/mol. The minimum atomic E-state index is -0.804. The van der Waals surface area contributed by atoms with Gasteiger partial charge >= 0.3 is 6.03 Å². The van der Waals surface area contributed by atoms with Crippen LogP contribution in [0.4, 0.5) is 10.5 Å². The van der Waals surface area contributed by atoms with Gasteiger partial charge in [-0.25, -0.2) is 4.79 Å². The number of carbonyl (C=O) groups is 4. The van der Waals surface area contributed by atoms with Gasteiger partial charge < -0.3 is 40.5 Å². The molecule has 3 atom stereocenters. The molecule has 1 aromatic carbocycles. The van der Waals surface area contributed by atoms with E-state index < -0.39 is 18.0 Å². The van der Waals surface area contributed by atoms with Gasteiger partial charge in [0, 0.05) is 31.4 Å². The van der Waals surface area contributed by atoms with Gasteiger partial charge in [-0.05, 0) is 51.9 Å². The Balaban J connectivity index is 1.60. The molecule has 12 heteroatoms. The van der Waals surface area contributed by atoms with Gasteiger partial charge in [-0.15, -0.1) is 0 Å². The lowest BCUT2D eigenvalue weighted by Gasteiger charge is -2.29. The lowest BCUT2D eigenvalue weighted by molar-refractivity contribution is -0.142. The fraction of sp³-hybridized carbons (Fsp3) is 0.615. The second kappa shape index (κ2) is 15.3. The lowest BCUT2D eigenvalue weighted by atomic mass is 10.1. The van der Waals surface area contributed by atoms with Crippen molar-refractivity contribution in [3.63, 3.8) is 0 Å². The first-order chi connectivity index (χ1) is 18.3. The molecular formula is C26H40N6O6. The third-order valence-electron chi connectivity index (χ3n) is 6.62. The standard InChI is InChI=1S/C26H40N6O6/c1-31(2)20-16-22-24(34)27-12-13-37-14-15-38-18-23(33)30-21(25(35)32(22)17-20)10-6-7-11-28-26(36)29-19-8-4-3-5-9-19/h3-5,8-9,20-22H,6-7,10-18H2,1-2H3,(H,27,34)(H,30,33)(H2,28,29,36)/t20-,21-,22-/m0/s1. The Morgan fingerprint density at radius 3 is 2.61 bits per heavy atom. The smallest absolute Gasteiger partial charge is 0.319 e. The number of hydrogen-bond donors (Lipinski definition) is 4. The van der Waals surface area contributed by atoms with Gasteiger partial charge in [0.1, 0.15) is 18.7 Å². The fourth-order valence-electron chi connectivity index (χ4n) is 4.49. The molecule has 1 aromatic rings. The molecule has 4 N–H and O–H groups in total. The van der Waals surface area contributed by atoms with Crippen molar-refractivity contribution in [3.05, 3.63) is 30.3 Å². The van der Waals surface area contributed by atoms with E-state index in [0.717, 1.165) is 0 Å². The summed E-state index contributed by atoms with van der Waals surface area (Å²) >= 11 is 0. The van der Waals surface area contributed by atoms with Crippen molar-refractivity contribution in [2.24, 2.45) is 0 Å². The van der Waals surface area contributed by atoms with E-state index in [9.17, 15) is 19.2 Å². The normalized spacial score (nSPS) is 23.6. The van der Waals surface area contributed by atoms with Crippen LogP contribution in [-0.4, -0.2) is 112 Å². The number of nitrogens with one attached hydrogen (secondary N) is 4. The van der Waals surface area contributed by atoms with Crippen LogP contribution in [0.15, 0.2) is 30.3 Å². The predicted octanol–water partition coefficient (Wildman–Crippen LogP) is 0.157. The van der Waals surface area contributed by atoms with E-state index >= 15 is 0 Å². The lowest BCUT2D eigenvalue weighted by Crippen LogP contribution is -2.54. The first kappa shape index (κ1) is 29.3. The Hall–Kier alpha value is -3.22. The van der Waals surface area contributed by atoms with Crippen LogP contribution in [0.2, 0.25) is 0 Å². The first-order valence-electron chi connectivity index (χ1n) is 13.1. The van der Waals surface area contributed by atoms with Crippen LogP contribution in [-0.2, 0) is 23.9 Å². The molecule has 0 spiro atoms. The minimum absolute atomic E-state index is 0.0249. The number of benzene rings is 1. The van der Waals surface area contributed by atoms with E-state index in [-0.39, 0.29) is 37.1 Å². The second-order valence-electron chi connectivity index (χ2n) is 9.68. The van der Waals surface area contributed by atoms with Crippen molar-refractivity contribution in [1.82, 2.24) is 25.8 Å². The van der Waals surface area contributed by atoms with Crippen LogP contribution in [0.5, 0.6) is 0 Å². The number of hydrogen-bond acceptors (Lipinski definition) is 7. The molecule has 2 heterocycles. The molecule has 5 amide bonds. The summed E-state index contributed by atoms with van der Waals surface area (Å²) in [4.78, 5) is 54.9. The van der Waals surface area contributed by atoms with Crippen LogP contribution in [0.1, 0.15) is 25.7 Å². The Labute approximate surface area is 223 Å². The Morgan fingerprint density at radius 2 is 1.84 bits per heavy atom. The van der Waals surface area contributed by atoms with Crippen molar-refractivity contribution in [2.75, 3.05) is 65.5 Å². The maximum absolute atomic E-state index is 13.7. The average Bonchev–Trinajstić information content (AvgIpc) is 3.35. The van der Waals surface area contributed by atoms with Crippen molar-refractivity contribution < 1.29 is 28.7 Å². The Morgan fingerprint density at radius 1 is 1.08 bits per heavy atom. The third-order valence-corrected chi connectivity index (χ3v) is 6.62. The zero-order chi connectivity index (χ0) is 27.3. The van der Waals surface area contributed by atoms with Crippen molar-refractivity contribution >= 4 is 29.4 Å². The number of ether oxygens (including phenoxy) is 2. The van der Waals surface area contributed by atoms with E-state index in [0.29, 0.717) is 64.2 Å². The number of rotatable bonds is 7. The number of amides is 5. The summed E-state index contributed by atoms with van der Waals surface area (Å²) in [7, 11) is 3.84. The Kier molecular flexibility index (Phi) is 11.8. The summed E-state index contributed by atoms with van der Waals surface area (Å²) in [5.41, 5.74) is 0.697. The topological polar surface area (TPSA) is 141 Å². The van der Waals surface area contributed by atoms with Crippen molar-refractivity contribution in [1.29, 1.82) is 0 Å². The molecule has 0 aromatic heterocycles. The number of para-hydroxylation sites is 1. The van der Waals surface area contributed by atoms with Crippen molar-refractivity contribution in [3.8, 4) is 0 Å². The van der Waals surface area contributed by atoms with Crippen molar-refractivity contribution in [2.45, 2.75) is 43.8 Å². The van der Waals surface area contributed by atoms with E-state index in [1.54, 1.807) is 17.0 Å². The van der Waals surface area contributed by atoms with Crippen LogP contribution in [0.25, 0.3) is 0 Å². The number of nitrogens with zero attached hydrogens (tertiary/aromatic N) is 2. The maximum atomic E-state index is 13.7. The molecule has 2 aliphatic rings. The number of anilines is 1. The first-order valence-corrected chi connectivity index (χ1v) is 13.1. The quantitative estimate of drug-likeness (QED) is 0.367. The minimum Gasteiger partial charge on any atom is -0.377 e. The highest BCUT2D eigenvalue weighted by molar-refractivity contribution is 5.93. The molecule has 0 unspecified atom stereocenters. The highest BCUT2D eigenvalue weighted by Crippen LogP contribution is 2.23. The number of likely N-dealkylation sites (N-methyl/N-ethyl adjacent to an activating group) is 1. The van der Waals surface area contributed by atoms with Gasteiger partial charge in [0.25, 0.3) is 0 Å². The highest BCUT2D eigenvalue weighted by Gasteiger charge is 2.42. The van der Waals surface area contributed by atoms with Gasteiger partial charge in [-0.1, -0.05) is 18.2 Å². The molecule has 0 bridgehead atoms. The second-order valence-corrected chi connectivity index (χ2v) is 9.68. The maximum Gasteiger partial charge on any atom is 0.319 e. The molecule has 12 nitrogen and oxygen atoms in total. The summed E-state index contributed by atoms with van der Waals surface area (Å²) in [6.07, 6.45) is 2.07. The molecule has 3 rings (SSSR count). The highest BCUT2D eigenvalue weighted by atomic mass is 16.5. The van der Waals surface area contributed by atoms with Gasteiger partial charge in [0.15, 0.2) is 0 Å². The van der Waals surface area contributed by atoms with Gasteiger partial charge in [0.05, 0.1) is 19.8 Å². The van der Waals surface area contributed by atoms with Gasteiger partial charge in [-0.3, -0.25) is 14.4 Å². The number of unbranched alkanes of at least 4 members (excludes halogenated alkanes) is 1. The van der Waals surface area contributed by atoms with Crippen LogP contribution < -0.4 is 21.3 Å². The summed E-state index contributed by atoms with van der Waals surface area (Å²) in [6.45, 7) is 1.80. The molecular weight excluding hydrogens is 492 g/mol. The monoisotopic (exact) mass is 532 g/mol. The number of urea groups is 1. The summed E-state index contributed by atoms with van der Waals surface area (Å²) in [5, 5.41) is 11.2. The SMILES string of the molecule is CN(C)[C@H]1C[C@H]2C(=O)NCCOCCOCC(=O)N[C@@H](CCCCNC(=O)Nc3ccccc3)C(=O)N2C1. The summed E-state index contributed by atoms with van der Waals surface area (Å²) < 4.78 is 10.8. The van der Waals surface area contributed by atoms with E-state index in [4.69, 9.17) is 9.47 Å². The predicted molar refractivity (Wildman–Crippen MR) is 141 cm³/mol. The zero-order valence-corrected chi connectivity index (χ0v) is 22.2. The van der Waals surface area contributed by atoms with Crippen LogP contribution in [0.3, 0.4) is 0 Å². The van der Waals surface area contributed by atoms with E-state index in [2.05, 4.69) is 21.3 Å². The number of fused-ring (bicyclic) bond motifs is 1. The molecule has 2 saturated heterocycles. The van der Waals surface area contributed by atoms with Gasteiger partial charge in [0.2, 0.25) is 17.7 Å². The van der Waals surface area contributed by atoms with Crippen LogP contribution in [0, 0.1) is 0 Å². The zero-order valence-electron chi connectivity index (χ0n) is 22.2. The third kappa shape index (κ3) is 9.26. The van der Waals surface area contributed by atoms with E-state index in [1.165, 1.54) is 0 Å². The summed E-state index contributed by atoms with van der Waals surface area (Å²) in [5.74, 6) is -0.914. The molecule has 0 aliphatic carbocycles. The van der Waals surface area contributed by atoms with E-state index in [1.807, 2.05) is 37.2 Å². The molecule has 0 saturated carbocycles. The molecule has 38 heavy (non-hydrogen) atoms. The molecule has 2 aliphatic heterocycles. The fourth-order valence-corrected chi connectivity index (χ4v) is 4.49. The Bertz CT molecular complexity index is 930. The number of carbonyl (C=O) groups excluding carboxylic acids is 4. The summed E-state index contributed by atoms with van der Waals surface area (Å²) in [6, 6.07) is 7.42. The molecule has 2 fully saturated rings. The largest absolute Gasteiger partial charge is 0.377 e. The molecule has 0 radical (unpaired) electrons.